The number of aromatic nitrogens is 2. The number of rotatable bonds is 7. The first-order chi connectivity index (χ1) is 10.5. The summed E-state index contributed by atoms with van der Waals surface area (Å²) in [5.74, 6) is -0.283. The van der Waals surface area contributed by atoms with Crippen molar-refractivity contribution in [3.8, 4) is 5.75 Å². The fourth-order valence-electron chi connectivity index (χ4n) is 1.84. The molecule has 0 saturated heterocycles. The lowest BCUT2D eigenvalue weighted by molar-refractivity contribution is -0.389. The number of benzene rings is 1. The van der Waals surface area contributed by atoms with Crippen molar-refractivity contribution in [2.45, 2.75) is 19.3 Å². The van der Waals surface area contributed by atoms with E-state index in [0.29, 0.717) is 0 Å². The molecule has 1 atom stereocenters. The molecule has 0 aliphatic heterocycles. The van der Waals surface area contributed by atoms with Gasteiger partial charge in [-0.2, -0.15) is 4.98 Å². The molecular weight excluding hydrogens is 294 g/mol. The van der Waals surface area contributed by atoms with Crippen LogP contribution in [-0.4, -0.2) is 37.4 Å². The number of phenolic OH excluding ortho intramolecular Hbond substituents is 1. The third-order valence-electron chi connectivity index (χ3n) is 3.00. The second kappa shape index (κ2) is 6.87. The Morgan fingerprint density at radius 2 is 2.05 bits per heavy atom. The van der Waals surface area contributed by atoms with Gasteiger partial charge in [0, 0.05) is 0 Å². The average Bonchev–Trinajstić information content (AvgIpc) is 2.86. The van der Waals surface area contributed by atoms with Gasteiger partial charge in [-0.05, 0) is 22.6 Å². The number of ether oxygens (including phenoxy) is 1. The molecule has 1 aromatic carbocycles. The smallest absolute Gasteiger partial charge is 0.413 e. The van der Waals surface area contributed by atoms with Gasteiger partial charge in [0.15, 0.2) is 0 Å². The Kier molecular flexibility index (Phi) is 4.92. The molecule has 2 rings (SSSR count). The van der Waals surface area contributed by atoms with E-state index < -0.39 is 22.5 Å². The second-order valence-electron chi connectivity index (χ2n) is 4.64. The van der Waals surface area contributed by atoms with Gasteiger partial charge in [-0.3, -0.25) is 4.57 Å². The highest BCUT2D eigenvalue weighted by molar-refractivity contribution is 5.25. The maximum Gasteiger partial charge on any atom is 0.413 e. The molecule has 9 nitrogen and oxygen atoms in total. The quantitative estimate of drug-likeness (QED) is 0.500. The maximum atomic E-state index is 11.5. The summed E-state index contributed by atoms with van der Waals surface area (Å²) >= 11 is 0. The van der Waals surface area contributed by atoms with Crippen molar-refractivity contribution in [3.05, 3.63) is 56.6 Å². The highest BCUT2D eigenvalue weighted by Crippen LogP contribution is 2.12. The second-order valence-corrected chi connectivity index (χ2v) is 4.64. The molecule has 9 heteroatoms. The van der Waals surface area contributed by atoms with Crippen LogP contribution in [0, 0.1) is 10.1 Å². The number of phenols is 1. The van der Waals surface area contributed by atoms with Crippen molar-refractivity contribution in [2.75, 3.05) is 6.61 Å². The van der Waals surface area contributed by atoms with Crippen LogP contribution in [0.2, 0.25) is 0 Å². The summed E-state index contributed by atoms with van der Waals surface area (Å²) in [6, 6.07) is 6.34. The first kappa shape index (κ1) is 15.7. The predicted molar refractivity (Wildman–Crippen MR) is 75.5 cm³/mol. The summed E-state index contributed by atoms with van der Waals surface area (Å²) in [7, 11) is 0. The highest BCUT2D eigenvalue weighted by atomic mass is 16.6. The first-order valence-corrected chi connectivity index (χ1v) is 6.44. The van der Waals surface area contributed by atoms with Crippen molar-refractivity contribution >= 4 is 5.82 Å². The summed E-state index contributed by atoms with van der Waals surface area (Å²) < 4.78 is 6.55. The van der Waals surface area contributed by atoms with E-state index in [9.17, 15) is 25.1 Å². The highest BCUT2D eigenvalue weighted by Gasteiger charge is 2.16. The number of hydrogen-bond acceptors (Lipinski definition) is 6. The van der Waals surface area contributed by atoms with Gasteiger partial charge in [0.1, 0.15) is 11.9 Å². The standard InChI is InChI=1S/C13H15N3O6/c17-7-11(22-8-9-1-3-10(18)4-2-9)5-15-6-12(16(20)21)14-13(15)19/h1-4,6,11,17-18H,5,7-8H2,(H,14,19)/t11-/m0/s1. The van der Waals surface area contributed by atoms with Crippen molar-refractivity contribution in [1.82, 2.24) is 9.55 Å². The zero-order valence-electron chi connectivity index (χ0n) is 11.5. The lowest BCUT2D eigenvalue weighted by atomic mass is 10.2. The molecule has 0 aliphatic rings. The molecule has 2 aromatic rings. The van der Waals surface area contributed by atoms with Crippen LogP contribution in [0.25, 0.3) is 0 Å². The van der Waals surface area contributed by atoms with Crippen LogP contribution in [0.15, 0.2) is 35.3 Å². The largest absolute Gasteiger partial charge is 0.508 e. The number of hydrogen-bond donors (Lipinski definition) is 3. The summed E-state index contributed by atoms with van der Waals surface area (Å²) in [4.78, 5) is 23.5. The lowest BCUT2D eigenvalue weighted by Gasteiger charge is -2.15. The molecular formula is C13H15N3O6. The fourth-order valence-corrected chi connectivity index (χ4v) is 1.84. The molecule has 0 aliphatic carbocycles. The Labute approximate surface area is 124 Å². The minimum atomic E-state index is -0.705. The predicted octanol–water partition coefficient (Wildman–Crippen LogP) is 0.368. The fraction of sp³-hybridized carbons (Fsp3) is 0.308. The van der Waals surface area contributed by atoms with Crippen molar-refractivity contribution in [1.29, 1.82) is 0 Å². The van der Waals surface area contributed by atoms with Crippen molar-refractivity contribution in [2.24, 2.45) is 0 Å². The Bertz CT molecular complexity index is 691. The Hall–Kier alpha value is -2.65. The molecule has 0 spiro atoms. The Morgan fingerprint density at radius 3 is 2.59 bits per heavy atom. The van der Waals surface area contributed by atoms with E-state index in [2.05, 4.69) is 4.98 Å². The van der Waals surface area contributed by atoms with Crippen LogP contribution >= 0.6 is 0 Å². The summed E-state index contributed by atoms with van der Waals surface area (Å²) in [6.45, 7) is -0.186. The topological polar surface area (TPSA) is 131 Å². The van der Waals surface area contributed by atoms with Crippen molar-refractivity contribution in [3.63, 3.8) is 0 Å². The molecule has 118 valence electrons. The number of aliphatic hydroxyl groups excluding tert-OH is 1. The minimum absolute atomic E-state index is 0.0161. The molecule has 22 heavy (non-hydrogen) atoms. The van der Waals surface area contributed by atoms with Crippen LogP contribution in [0.3, 0.4) is 0 Å². The SMILES string of the molecule is O=c1[nH]c([N+](=O)[O-])cn1C[C@@H](CO)OCc1ccc(O)cc1. The molecule has 0 saturated carbocycles. The van der Waals surface area contributed by atoms with Gasteiger partial charge in [0.05, 0.1) is 25.9 Å². The number of aliphatic hydroxyl groups is 1. The number of imidazole rings is 1. The van der Waals surface area contributed by atoms with Gasteiger partial charge in [-0.25, -0.2) is 4.79 Å². The zero-order chi connectivity index (χ0) is 16.1. The number of H-pyrrole nitrogens is 1. The number of nitrogens with zero attached hydrogens (tertiary/aromatic N) is 2. The monoisotopic (exact) mass is 309 g/mol. The Morgan fingerprint density at radius 1 is 1.36 bits per heavy atom. The third kappa shape index (κ3) is 3.93. The number of nitrogens with one attached hydrogen (secondary N) is 1. The zero-order valence-corrected chi connectivity index (χ0v) is 11.5. The van der Waals surface area contributed by atoms with Gasteiger partial charge in [0.2, 0.25) is 0 Å². The van der Waals surface area contributed by atoms with Gasteiger partial charge in [-0.1, -0.05) is 12.1 Å². The number of aromatic amines is 1. The molecule has 1 aromatic heterocycles. The van der Waals surface area contributed by atoms with E-state index in [1.807, 2.05) is 0 Å². The van der Waals surface area contributed by atoms with Crippen LogP contribution in [0.1, 0.15) is 5.56 Å². The van der Waals surface area contributed by atoms with E-state index >= 15 is 0 Å². The van der Waals surface area contributed by atoms with E-state index in [-0.39, 0.29) is 25.5 Å². The molecule has 3 N–H and O–H groups in total. The molecule has 0 fully saturated rings. The third-order valence-corrected chi connectivity index (χ3v) is 3.00. The molecule has 0 amide bonds. The summed E-state index contributed by atoms with van der Waals surface area (Å²) in [5, 5.41) is 29.0. The normalized spacial score (nSPS) is 12.2. The maximum absolute atomic E-state index is 11.5. The van der Waals surface area contributed by atoms with Crippen LogP contribution in [0.4, 0.5) is 5.82 Å². The van der Waals surface area contributed by atoms with Gasteiger partial charge in [0.25, 0.3) is 0 Å². The van der Waals surface area contributed by atoms with E-state index in [1.54, 1.807) is 12.1 Å². The van der Waals surface area contributed by atoms with Gasteiger partial charge < -0.3 is 25.1 Å². The Balaban J connectivity index is 1.98. The summed E-state index contributed by atoms with van der Waals surface area (Å²) in [6.07, 6.45) is 0.372. The number of nitro groups is 1. The van der Waals surface area contributed by atoms with Crippen LogP contribution in [-0.2, 0) is 17.9 Å². The number of aromatic hydroxyl groups is 1. The van der Waals surface area contributed by atoms with Crippen LogP contribution in [0.5, 0.6) is 5.75 Å². The van der Waals surface area contributed by atoms with Gasteiger partial charge >= 0.3 is 11.5 Å². The van der Waals surface area contributed by atoms with E-state index in [0.717, 1.165) is 16.3 Å². The summed E-state index contributed by atoms with van der Waals surface area (Å²) in [5.41, 5.74) is 0.141. The molecule has 0 radical (unpaired) electrons. The molecule has 0 unspecified atom stereocenters. The van der Waals surface area contributed by atoms with Crippen molar-refractivity contribution < 1.29 is 19.9 Å². The molecule has 1 heterocycles. The first-order valence-electron chi connectivity index (χ1n) is 6.44. The van der Waals surface area contributed by atoms with E-state index in [4.69, 9.17) is 4.74 Å². The average molecular weight is 309 g/mol. The minimum Gasteiger partial charge on any atom is -0.508 e. The molecule has 0 bridgehead atoms. The van der Waals surface area contributed by atoms with Gasteiger partial charge in [-0.15, -0.1) is 0 Å². The van der Waals surface area contributed by atoms with E-state index in [1.165, 1.54) is 12.1 Å². The lowest BCUT2D eigenvalue weighted by Crippen LogP contribution is -2.29. The van der Waals surface area contributed by atoms with Crippen LogP contribution < -0.4 is 5.69 Å².